The number of terminal acetylenes is 1. The number of rotatable bonds is 12. The zero-order valence-electron chi connectivity index (χ0n) is 31.4. The van der Waals surface area contributed by atoms with Gasteiger partial charge in [0.15, 0.2) is 35.1 Å². The van der Waals surface area contributed by atoms with Gasteiger partial charge in [-0.15, -0.1) is 6.42 Å². The number of halogens is 1. The highest BCUT2D eigenvalue weighted by Gasteiger charge is 2.55. The minimum Gasteiger partial charge on any atom is -0.461 e. The van der Waals surface area contributed by atoms with E-state index in [1.54, 1.807) is 0 Å². The summed E-state index contributed by atoms with van der Waals surface area (Å²) in [7, 11) is 0. The molecule has 0 unspecified atom stereocenters. The molecule has 4 heterocycles. The smallest absolute Gasteiger partial charge is 0.461 e. The molecule has 3 aliphatic carbocycles. The van der Waals surface area contributed by atoms with E-state index in [9.17, 15) is 24.0 Å². The summed E-state index contributed by atoms with van der Waals surface area (Å²) in [6.07, 6.45) is 13.7. The van der Waals surface area contributed by atoms with Crippen LogP contribution >= 0.6 is 11.6 Å². The zero-order chi connectivity index (χ0) is 39.8. The van der Waals surface area contributed by atoms with Crippen molar-refractivity contribution < 1.29 is 51.7 Å². The Kier molecular flexibility index (Phi) is 10.9. The molecule has 56 heavy (non-hydrogen) atoms. The number of aromatic nitrogens is 4. The third-order valence-electron chi connectivity index (χ3n) is 11.3. The second-order valence-corrected chi connectivity index (χ2v) is 16.2. The summed E-state index contributed by atoms with van der Waals surface area (Å²) in [5.74, 6) is -0.0793. The molecule has 0 bridgehead atoms. The van der Waals surface area contributed by atoms with Gasteiger partial charge in [0.25, 0.3) is 0 Å². The first-order chi connectivity index (χ1) is 26.7. The van der Waals surface area contributed by atoms with Crippen molar-refractivity contribution in [1.29, 1.82) is 0 Å². The number of aryl methyl sites for hydroxylation is 1. The van der Waals surface area contributed by atoms with Crippen LogP contribution in [0.5, 0.6) is 0 Å². The lowest BCUT2D eigenvalue weighted by Gasteiger charge is -2.53. The molecule has 300 valence electrons. The van der Waals surface area contributed by atoms with Crippen molar-refractivity contribution in [3.05, 3.63) is 33.7 Å². The quantitative estimate of drug-likeness (QED) is 0.101. The summed E-state index contributed by atoms with van der Waals surface area (Å²) in [5, 5.41) is 2.26. The van der Waals surface area contributed by atoms with E-state index in [-0.39, 0.29) is 89.0 Å². The maximum Gasteiger partial charge on any atom is 0.519 e. The van der Waals surface area contributed by atoms with Gasteiger partial charge in [-0.1, -0.05) is 31.6 Å². The second kappa shape index (κ2) is 15.5. The van der Waals surface area contributed by atoms with Gasteiger partial charge in [-0.2, -0.15) is 9.97 Å². The Bertz CT molecular complexity index is 2100. The van der Waals surface area contributed by atoms with E-state index in [1.807, 2.05) is 0 Å². The maximum absolute atomic E-state index is 13.4. The summed E-state index contributed by atoms with van der Waals surface area (Å²) in [6.45, 7) is 3.81. The van der Waals surface area contributed by atoms with Gasteiger partial charge in [0.1, 0.15) is 24.5 Å². The van der Waals surface area contributed by atoms with Crippen molar-refractivity contribution in [2.45, 2.75) is 128 Å². The van der Waals surface area contributed by atoms with E-state index in [0.29, 0.717) is 12.8 Å². The fraction of sp³-hybridized carbons (Fsp3) is 0.632. The van der Waals surface area contributed by atoms with Crippen LogP contribution in [0.25, 0.3) is 11.2 Å². The molecule has 1 amide bonds. The fourth-order valence-corrected chi connectivity index (χ4v) is 8.27. The highest BCUT2D eigenvalue weighted by atomic mass is 35.5. The summed E-state index contributed by atoms with van der Waals surface area (Å²) in [5.41, 5.74) is -2.44. The molecular formula is C38H44ClN5O12. The summed E-state index contributed by atoms with van der Waals surface area (Å²) < 4.78 is 40.1. The van der Waals surface area contributed by atoms with E-state index >= 15 is 0 Å². The number of carbonyl (C=O) groups excluding carboxylic acids is 4. The Balaban J connectivity index is 1.04. The lowest BCUT2D eigenvalue weighted by Crippen LogP contribution is -2.49. The maximum atomic E-state index is 13.4. The van der Waals surface area contributed by atoms with Crippen LogP contribution in [-0.2, 0) is 44.7 Å². The molecule has 1 spiro atoms. The number of fused-ring (bicyclic) bond motifs is 1. The predicted octanol–water partition coefficient (Wildman–Crippen LogP) is 5.70. The molecule has 1 N–H and O–H groups in total. The molecule has 3 saturated carbocycles. The van der Waals surface area contributed by atoms with Gasteiger partial charge in [0.2, 0.25) is 10.9 Å². The molecule has 3 aromatic rings. The van der Waals surface area contributed by atoms with Gasteiger partial charge in [-0.05, 0) is 76.3 Å². The molecule has 0 aromatic carbocycles. The average molecular weight is 798 g/mol. The van der Waals surface area contributed by atoms with Crippen LogP contribution in [0.1, 0.15) is 109 Å². The lowest BCUT2D eigenvalue weighted by atomic mass is 9.52. The molecule has 4 aliphatic rings. The average Bonchev–Trinajstić information content (AvgIpc) is 3.79. The second-order valence-electron chi connectivity index (χ2n) is 15.9. The van der Waals surface area contributed by atoms with Gasteiger partial charge in [0.05, 0.1) is 24.6 Å². The molecule has 3 aromatic heterocycles. The number of hydrogen-bond acceptors (Lipinski definition) is 15. The van der Waals surface area contributed by atoms with Crippen molar-refractivity contribution in [3.8, 4) is 12.3 Å². The van der Waals surface area contributed by atoms with Crippen LogP contribution in [-0.4, -0.2) is 67.4 Å². The molecule has 7 rings (SSSR count). The molecule has 1 aliphatic heterocycles. The van der Waals surface area contributed by atoms with Crippen LogP contribution in [0, 0.1) is 36.5 Å². The van der Waals surface area contributed by atoms with Crippen molar-refractivity contribution in [2.75, 3.05) is 11.9 Å². The zero-order valence-corrected chi connectivity index (χ0v) is 32.2. The van der Waals surface area contributed by atoms with E-state index in [2.05, 4.69) is 26.2 Å². The normalized spacial score (nSPS) is 23.5. The SMILES string of the molecule is C#C[C@]1(COC(=O)C2CC3(CCC3)C2)O[C@@H](n2cnc3c(NC(=O)OC(C)(C)CC(=O)OCc4oc(=O)oc4C)nc(Cl)nc32)C[C@@H]1OC(=O)C1CCCCC1. The minimum absolute atomic E-state index is 0.0572. The largest absolute Gasteiger partial charge is 0.519 e. The Labute approximate surface area is 326 Å². The molecule has 17 nitrogen and oxygen atoms in total. The number of esters is 3. The van der Waals surface area contributed by atoms with Crippen LogP contribution in [0.4, 0.5) is 10.6 Å². The summed E-state index contributed by atoms with van der Waals surface area (Å²) in [4.78, 5) is 76.3. The van der Waals surface area contributed by atoms with Gasteiger partial charge in [0, 0.05) is 6.42 Å². The number of ether oxygens (including phenoxy) is 5. The fourth-order valence-electron chi connectivity index (χ4n) is 8.11. The summed E-state index contributed by atoms with van der Waals surface area (Å²) >= 11 is 6.33. The van der Waals surface area contributed by atoms with Crippen molar-refractivity contribution in [2.24, 2.45) is 17.3 Å². The van der Waals surface area contributed by atoms with Gasteiger partial charge < -0.3 is 32.5 Å². The number of nitrogens with zero attached hydrogens (tertiary/aromatic N) is 4. The number of imidazole rings is 1. The van der Waals surface area contributed by atoms with Crippen molar-refractivity contribution >= 4 is 52.6 Å². The predicted molar refractivity (Wildman–Crippen MR) is 194 cm³/mol. The van der Waals surface area contributed by atoms with Crippen molar-refractivity contribution in [1.82, 2.24) is 19.5 Å². The Morgan fingerprint density at radius 1 is 1.05 bits per heavy atom. The van der Waals surface area contributed by atoms with E-state index < -0.39 is 41.4 Å². The summed E-state index contributed by atoms with van der Waals surface area (Å²) in [6, 6.07) is 0. The molecule has 3 atom stereocenters. The van der Waals surface area contributed by atoms with Crippen LogP contribution in [0.3, 0.4) is 0 Å². The minimum atomic E-state index is -1.61. The molecule has 1 saturated heterocycles. The topological polar surface area (TPSA) is 213 Å². The Morgan fingerprint density at radius 2 is 1.80 bits per heavy atom. The lowest BCUT2D eigenvalue weighted by molar-refractivity contribution is -0.178. The Morgan fingerprint density at radius 3 is 2.46 bits per heavy atom. The van der Waals surface area contributed by atoms with Gasteiger partial charge in [-0.3, -0.25) is 24.3 Å². The van der Waals surface area contributed by atoms with Crippen LogP contribution < -0.4 is 11.1 Å². The molecule has 0 radical (unpaired) electrons. The molecule has 18 heteroatoms. The van der Waals surface area contributed by atoms with Crippen molar-refractivity contribution in [3.63, 3.8) is 0 Å². The van der Waals surface area contributed by atoms with E-state index in [1.165, 1.54) is 38.1 Å². The van der Waals surface area contributed by atoms with E-state index in [0.717, 1.165) is 44.9 Å². The highest BCUT2D eigenvalue weighted by molar-refractivity contribution is 6.28. The highest BCUT2D eigenvalue weighted by Crippen LogP contribution is 2.59. The van der Waals surface area contributed by atoms with Gasteiger partial charge in [-0.25, -0.2) is 14.6 Å². The molecular weight excluding hydrogens is 754 g/mol. The first-order valence-electron chi connectivity index (χ1n) is 18.8. The monoisotopic (exact) mass is 797 g/mol. The number of amides is 1. The molecule has 4 fully saturated rings. The number of anilines is 1. The van der Waals surface area contributed by atoms with E-state index in [4.69, 9.17) is 50.5 Å². The number of hydrogen-bond donors (Lipinski definition) is 1. The van der Waals surface area contributed by atoms with Crippen LogP contribution in [0.2, 0.25) is 5.28 Å². The van der Waals surface area contributed by atoms with Gasteiger partial charge >= 0.3 is 29.8 Å². The standard InChI is InChI=1S/C38H44ClN5O12/c1-5-38(19-51-31(46)23-15-37(16-23)12-9-13-37)25(54-32(47)22-10-7-6-8-11-22)14-26(55-38)44-20-40-28-29(41-33(39)43-30(28)44)42-34(48)56-36(3,4)17-27(45)50-18-24-21(2)52-35(49)53-24/h1,20,22-23,25-26H,6-19H2,2-4H3,(H,41,42,43,48)/t25-,26+,38+/m0/s1. The first kappa shape index (κ1) is 39.3. The number of nitrogens with one attached hydrogen (secondary N) is 1. The Hall–Kier alpha value is -4.95. The van der Waals surface area contributed by atoms with Crippen LogP contribution in [0.15, 0.2) is 20.0 Å². The first-order valence-corrected chi connectivity index (χ1v) is 19.2. The third kappa shape index (κ3) is 8.27. The number of carbonyl (C=O) groups is 4. The third-order valence-corrected chi connectivity index (χ3v) is 11.5.